The predicted octanol–water partition coefficient (Wildman–Crippen LogP) is 2.46. The zero-order valence-corrected chi connectivity index (χ0v) is 10.5. The summed E-state index contributed by atoms with van der Waals surface area (Å²) in [4.78, 5) is 15.8. The highest BCUT2D eigenvalue weighted by Crippen LogP contribution is 2.17. The van der Waals surface area contributed by atoms with Gasteiger partial charge in [-0.25, -0.2) is 9.78 Å². The van der Waals surface area contributed by atoms with Crippen molar-refractivity contribution in [3.05, 3.63) is 40.2 Å². The molecule has 0 saturated carbocycles. The van der Waals surface area contributed by atoms with E-state index in [1.807, 2.05) is 6.07 Å². The molecule has 94 valence electrons. The monoisotopic (exact) mass is 264 g/mol. The number of carboxylic acid groups (broad SMARTS) is 1. The summed E-state index contributed by atoms with van der Waals surface area (Å²) in [5, 5.41) is 13.6. The highest BCUT2D eigenvalue weighted by atomic mass is 32.1. The molecule has 18 heavy (non-hydrogen) atoms. The van der Waals surface area contributed by atoms with Crippen LogP contribution >= 0.6 is 11.3 Å². The summed E-state index contributed by atoms with van der Waals surface area (Å²) in [6.45, 7) is 0.575. The Kier molecular flexibility index (Phi) is 3.78. The average molecular weight is 264 g/mol. The Morgan fingerprint density at radius 2 is 2.39 bits per heavy atom. The molecule has 2 aromatic rings. The molecule has 2 heterocycles. The van der Waals surface area contributed by atoms with E-state index < -0.39 is 5.97 Å². The fourth-order valence-electron chi connectivity index (χ4n) is 1.38. The number of carboxylic acids is 1. The van der Waals surface area contributed by atoms with Crippen LogP contribution in [0.2, 0.25) is 0 Å². The van der Waals surface area contributed by atoms with Gasteiger partial charge in [-0.2, -0.15) is 0 Å². The van der Waals surface area contributed by atoms with E-state index in [1.54, 1.807) is 30.8 Å². The van der Waals surface area contributed by atoms with E-state index in [2.05, 4.69) is 10.3 Å². The molecular weight excluding hydrogens is 252 g/mol. The third-order valence-corrected chi connectivity index (χ3v) is 3.25. The van der Waals surface area contributed by atoms with Crippen molar-refractivity contribution in [2.75, 3.05) is 12.4 Å². The van der Waals surface area contributed by atoms with Gasteiger partial charge in [0.15, 0.2) is 0 Å². The van der Waals surface area contributed by atoms with Gasteiger partial charge in [-0.1, -0.05) is 0 Å². The van der Waals surface area contributed by atoms with Crippen molar-refractivity contribution in [1.29, 1.82) is 0 Å². The van der Waals surface area contributed by atoms with Gasteiger partial charge < -0.3 is 15.2 Å². The minimum atomic E-state index is -0.899. The molecular formula is C12H12N2O3S. The van der Waals surface area contributed by atoms with Crippen LogP contribution in [0.25, 0.3) is 0 Å². The molecule has 0 aliphatic rings. The number of nitrogens with one attached hydrogen (secondary N) is 1. The standard InChI is InChI=1S/C12H12N2O3S/c1-17-11-3-2-9(5-14-11)13-6-10-4-8(7-18-10)12(15)16/h2-5,7,13H,6H2,1H3,(H,15,16). The third-order valence-electron chi connectivity index (χ3n) is 2.31. The lowest BCUT2D eigenvalue weighted by Crippen LogP contribution is -1.99. The van der Waals surface area contributed by atoms with Crippen LogP contribution in [0.4, 0.5) is 5.69 Å². The topological polar surface area (TPSA) is 71.5 Å². The second kappa shape index (κ2) is 5.50. The van der Waals surface area contributed by atoms with Gasteiger partial charge in [0.05, 0.1) is 24.6 Å². The molecule has 5 nitrogen and oxygen atoms in total. The summed E-state index contributed by atoms with van der Waals surface area (Å²) < 4.78 is 4.96. The van der Waals surface area contributed by atoms with Gasteiger partial charge in [0.25, 0.3) is 0 Å². The van der Waals surface area contributed by atoms with Gasteiger partial charge in [0.2, 0.25) is 5.88 Å². The van der Waals surface area contributed by atoms with Crippen LogP contribution in [0.5, 0.6) is 5.88 Å². The molecule has 0 amide bonds. The number of hydrogen-bond acceptors (Lipinski definition) is 5. The largest absolute Gasteiger partial charge is 0.481 e. The van der Waals surface area contributed by atoms with Crippen LogP contribution in [0.3, 0.4) is 0 Å². The molecule has 0 aromatic carbocycles. The van der Waals surface area contributed by atoms with E-state index in [0.29, 0.717) is 18.0 Å². The van der Waals surface area contributed by atoms with Crippen molar-refractivity contribution >= 4 is 23.0 Å². The number of carbonyl (C=O) groups is 1. The molecule has 2 N–H and O–H groups in total. The van der Waals surface area contributed by atoms with E-state index in [0.717, 1.165) is 10.6 Å². The minimum absolute atomic E-state index is 0.324. The van der Waals surface area contributed by atoms with Gasteiger partial charge in [-0.3, -0.25) is 0 Å². The highest BCUT2D eigenvalue weighted by Gasteiger charge is 2.06. The summed E-state index contributed by atoms with van der Waals surface area (Å²) in [7, 11) is 1.56. The molecule has 0 fully saturated rings. The average Bonchev–Trinajstić information content (AvgIpc) is 2.86. The first-order valence-corrected chi connectivity index (χ1v) is 6.11. The molecule has 0 aliphatic carbocycles. The van der Waals surface area contributed by atoms with E-state index in [-0.39, 0.29) is 0 Å². The van der Waals surface area contributed by atoms with Gasteiger partial charge in [0.1, 0.15) is 0 Å². The van der Waals surface area contributed by atoms with E-state index >= 15 is 0 Å². The van der Waals surface area contributed by atoms with Gasteiger partial charge in [-0.05, 0) is 12.1 Å². The number of pyridine rings is 1. The van der Waals surface area contributed by atoms with Crippen molar-refractivity contribution in [3.8, 4) is 5.88 Å². The van der Waals surface area contributed by atoms with Crippen molar-refractivity contribution in [1.82, 2.24) is 4.98 Å². The van der Waals surface area contributed by atoms with Crippen molar-refractivity contribution in [3.63, 3.8) is 0 Å². The van der Waals surface area contributed by atoms with Crippen molar-refractivity contribution < 1.29 is 14.6 Å². The lowest BCUT2D eigenvalue weighted by atomic mass is 10.3. The number of rotatable bonds is 5. The first-order chi connectivity index (χ1) is 8.69. The maximum atomic E-state index is 10.7. The smallest absolute Gasteiger partial charge is 0.336 e. The molecule has 0 radical (unpaired) electrons. The molecule has 6 heteroatoms. The van der Waals surface area contributed by atoms with Crippen LogP contribution in [0, 0.1) is 0 Å². The first kappa shape index (κ1) is 12.4. The maximum absolute atomic E-state index is 10.7. The molecule has 0 saturated heterocycles. The first-order valence-electron chi connectivity index (χ1n) is 5.23. The van der Waals surface area contributed by atoms with Crippen molar-refractivity contribution in [2.24, 2.45) is 0 Å². The minimum Gasteiger partial charge on any atom is -0.481 e. The van der Waals surface area contributed by atoms with Crippen LogP contribution in [0.1, 0.15) is 15.2 Å². The zero-order valence-electron chi connectivity index (χ0n) is 9.71. The van der Waals surface area contributed by atoms with E-state index in [9.17, 15) is 4.79 Å². The van der Waals surface area contributed by atoms with Gasteiger partial charge in [0, 0.05) is 22.9 Å². The molecule has 0 aliphatic heterocycles. The zero-order chi connectivity index (χ0) is 13.0. The maximum Gasteiger partial charge on any atom is 0.336 e. The fourth-order valence-corrected chi connectivity index (χ4v) is 2.18. The number of anilines is 1. The van der Waals surface area contributed by atoms with E-state index in [4.69, 9.17) is 9.84 Å². The number of ether oxygens (including phenoxy) is 1. The summed E-state index contributed by atoms with van der Waals surface area (Å²) in [5.74, 6) is -0.339. The number of aromatic nitrogens is 1. The number of methoxy groups -OCH3 is 1. The second-order valence-electron chi connectivity index (χ2n) is 3.55. The summed E-state index contributed by atoms with van der Waals surface area (Å²) in [5.41, 5.74) is 1.19. The quantitative estimate of drug-likeness (QED) is 0.868. The van der Waals surface area contributed by atoms with Crippen LogP contribution in [-0.2, 0) is 6.54 Å². The molecule has 0 spiro atoms. The Morgan fingerprint density at radius 3 is 2.94 bits per heavy atom. The number of nitrogens with zero attached hydrogens (tertiary/aromatic N) is 1. The highest BCUT2D eigenvalue weighted by molar-refractivity contribution is 7.10. The van der Waals surface area contributed by atoms with Crippen LogP contribution in [0.15, 0.2) is 29.8 Å². The lowest BCUT2D eigenvalue weighted by Gasteiger charge is -2.04. The molecule has 0 atom stereocenters. The summed E-state index contributed by atoms with van der Waals surface area (Å²) in [6.07, 6.45) is 1.67. The Morgan fingerprint density at radius 1 is 1.56 bits per heavy atom. The molecule has 0 bridgehead atoms. The molecule has 2 aromatic heterocycles. The van der Waals surface area contributed by atoms with Gasteiger partial charge in [-0.15, -0.1) is 11.3 Å². The number of aromatic carboxylic acids is 1. The summed E-state index contributed by atoms with van der Waals surface area (Å²) >= 11 is 1.42. The van der Waals surface area contributed by atoms with E-state index in [1.165, 1.54) is 11.3 Å². The SMILES string of the molecule is COc1ccc(NCc2cc(C(=O)O)cs2)cn1. The number of thiophene rings is 1. The second-order valence-corrected chi connectivity index (χ2v) is 4.55. The Hall–Kier alpha value is -2.08. The number of hydrogen-bond donors (Lipinski definition) is 2. The molecule has 2 rings (SSSR count). The Labute approximate surface area is 108 Å². The summed E-state index contributed by atoms with van der Waals surface area (Å²) in [6, 6.07) is 5.29. The Bertz CT molecular complexity index is 537. The van der Waals surface area contributed by atoms with Crippen LogP contribution in [-0.4, -0.2) is 23.2 Å². The Balaban J connectivity index is 1.95. The predicted molar refractivity (Wildman–Crippen MR) is 69.4 cm³/mol. The lowest BCUT2D eigenvalue weighted by molar-refractivity contribution is 0.0697. The molecule has 0 unspecified atom stereocenters. The van der Waals surface area contributed by atoms with Crippen molar-refractivity contribution in [2.45, 2.75) is 6.54 Å². The fraction of sp³-hybridized carbons (Fsp3) is 0.167. The third kappa shape index (κ3) is 2.98. The van der Waals surface area contributed by atoms with Crippen LogP contribution < -0.4 is 10.1 Å². The normalized spacial score (nSPS) is 10.1. The van der Waals surface area contributed by atoms with Gasteiger partial charge >= 0.3 is 5.97 Å².